The standard InChI is InChI=1S/C10H14N4O3/c11-7-1-2-10(17)14(5-7)6-9(16)13-4-3-8(12)15/h1-2,5H,3-4,6,11H2,(H2,12,15)(H,13,16). The smallest absolute Gasteiger partial charge is 0.251 e. The van der Waals surface area contributed by atoms with Gasteiger partial charge in [0.1, 0.15) is 6.54 Å². The van der Waals surface area contributed by atoms with Crippen molar-refractivity contribution in [3.05, 3.63) is 28.7 Å². The van der Waals surface area contributed by atoms with E-state index in [0.717, 1.165) is 0 Å². The third-order valence-electron chi connectivity index (χ3n) is 2.01. The number of rotatable bonds is 5. The van der Waals surface area contributed by atoms with Crippen LogP contribution in [-0.4, -0.2) is 22.9 Å². The van der Waals surface area contributed by atoms with Crippen LogP contribution in [0.15, 0.2) is 23.1 Å². The zero-order valence-corrected chi connectivity index (χ0v) is 9.18. The molecule has 0 aliphatic rings. The number of pyridine rings is 1. The van der Waals surface area contributed by atoms with E-state index >= 15 is 0 Å². The molecule has 0 saturated heterocycles. The van der Waals surface area contributed by atoms with Crippen LogP contribution in [0.3, 0.4) is 0 Å². The van der Waals surface area contributed by atoms with E-state index in [1.807, 2.05) is 0 Å². The number of anilines is 1. The van der Waals surface area contributed by atoms with E-state index < -0.39 is 5.91 Å². The molecule has 0 atom stereocenters. The van der Waals surface area contributed by atoms with Gasteiger partial charge in [0.05, 0.1) is 0 Å². The van der Waals surface area contributed by atoms with Gasteiger partial charge in [-0.3, -0.25) is 14.4 Å². The Morgan fingerprint density at radius 2 is 2.06 bits per heavy atom. The summed E-state index contributed by atoms with van der Waals surface area (Å²) in [4.78, 5) is 33.2. The van der Waals surface area contributed by atoms with E-state index in [2.05, 4.69) is 5.32 Å². The highest BCUT2D eigenvalue weighted by molar-refractivity contribution is 5.77. The molecule has 92 valence electrons. The molecule has 0 aromatic carbocycles. The van der Waals surface area contributed by atoms with Gasteiger partial charge in [0.15, 0.2) is 0 Å². The number of aromatic nitrogens is 1. The second kappa shape index (κ2) is 5.69. The van der Waals surface area contributed by atoms with Gasteiger partial charge < -0.3 is 21.4 Å². The minimum Gasteiger partial charge on any atom is -0.398 e. The summed E-state index contributed by atoms with van der Waals surface area (Å²) < 4.78 is 1.19. The predicted molar refractivity (Wildman–Crippen MR) is 61.9 cm³/mol. The van der Waals surface area contributed by atoms with Crippen molar-refractivity contribution in [2.24, 2.45) is 5.73 Å². The molecule has 0 radical (unpaired) electrons. The lowest BCUT2D eigenvalue weighted by atomic mass is 10.4. The van der Waals surface area contributed by atoms with Crippen molar-refractivity contribution in [2.45, 2.75) is 13.0 Å². The average Bonchev–Trinajstić information content (AvgIpc) is 2.23. The molecule has 0 unspecified atom stereocenters. The van der Waals surface area contributed by atoms with E-state index in [4.69, 9.17) is 11.5 Å². The molecule has 2 amide bonds. The van der Waals surface area contributed by atoms with Crippen LogP contribution in [-0.2, 0) is 16.1 Å². The van der Waals surface area contributed by atoms with Gasteiger partial charge in [-0.25, -0.2) is 0 Å². The largest absolute Gasteiger partial charge is 0.398 e. The molecule has 0 aliphatic carbocycles. The van der Waals surface area contributed by atoms with Crippen molar-refractivity contribution in [3.63, 3.8) is 0 Å². The van der Waals surface area contributed by atoms with E-state index in [-0.39, 0.29) is 31.0 Å². The first-order valence-corrected chi connectivity index (χ1v) is 5.00. The molecule has 7 heteroatoms. The number of hydrogen-bond acceptors (Lipinski definition) is 4. The summed E-state index contributed by atoms with van der Waals surface area (Å²) in [7, 11) is 0. The molecule has 0 spiro atoms. The van der Waals surface area contributed by atoms with Gasteiger partial charge >= 0.3 is 0 Å². The molecule has 1 aromatic rings. The highest BCUT2D eigenvalue weighted by Crippen LogP contribution is 1.95. The fourth-order valence-corrected chi connectivity index (χ4v) is 1.21. The molecule has 0 saturated carbocycles. The number of carbonyl (C=O) groups excluding carboxylic acids is 2. The van der Waals surface area contributed by atoms with E-state index in [0.29, 0.717) is 5.69 Å². The van der Waals surface area contributed by atoms with Crippen LogP contribution >= 0.6 is 0 Å². The number of nitrogens with two attached hydrogens (primary N) is 2. The van der Waals surface area contributed by atoms with Gasteiger partial charge in [0.25, 0.3) is 5.56 Å². The maximum atomic E-state index is 11.4. The van der Waals surface area contributed by atoms with Gasteiger partial charge in [-0.2, -0.15) is 0 Å². The Hall–Kier alpha value is -2.31. The fraction of sp³-hybridized carbons (Fsp3) is 0.300. The molecule has 0 fully saturated rings. The Balaban J connectivity index is 2.53. The minimum absolute atomic E-state index is 0.0670. The quantitative estimate of drug-likeness (QED) is 0.573. The van der Waals surface area contributed by atoms with Crippen LogP contribution in [0.4, 0.5) is 5.69 Å². The highest BCUT2D eigenvalue weighted by atomic mass is 16.2. The Labute approximate surface area is 97.4 Å². The third kappa shape index (κ3) is 4.37. The fourth-order valence-electron chi connectivity index (χ4n) is 1.21. The Morgan fingerprint density at radius 3 is 2.71 bits per heavy atom. The summed E-state index contributed by atoms with van der Waals surface area (Å²) in [5, 5.41) is 2.47. The maximum absolute atomic E-state index is 11.4. The van der Waals surface area contributed by atoms with Crippen LogP contribution < -0.4 is 22.3 Å². The number of nitrogens with one attached hydrogen (secondary N) is 1. The Kier molecular flexibility index (Phi) is 4.27. The molecule has 5 N–H and O–H groups in total. The van der Waals surface area contributed by atoms with Gasteiger partial charge in [0.2, 0.25) is 11.8 Å². The molecule has 1 heterocycles. The van der Waals surface area contributed by atoms with Crippen LogP contribution in [0.25, 0.3) is 0 Å². The van der Waals surface area contributed by atoms with Gasteiger partial charge in [-0.15, -0.1) is 0 Å². The van der Waals surface area contributed by atoms with Crippen LogP contribution in [0.1, 0.15) is 6.42 Å². The van der Waals surface area contributed by atoms with E-state index in [1.54, 1.807) is 0 Å². The van der Waals surface area contributed by atoms with Crippen molar-refractivity contribution >= 4 is 17.5 Å². The first-order chi connectivity index (χ1) is 7.99. The molecule has 1 rings (SSSR count). The number of hydrogen-bond donors (Lipinski definition) is 3. The van der Waals surface area contributed by atoms with Crippen molar-refractivity contribution in [1.82, 2.24) is 9.88 Å². The zero-order valence-electron chi connectivity index (χ0n) is 9.18. The second-order valence-corrected chi connectivity index (χ2v) is 3.49. The summed E-state index contributed by atoms with van der Waals surface area (Å²) in [6.07, 6.45) is 1.45. The van der Waals surface area contributed by atoms with Gasteiger partial charge in [0, 0.05) is 30.9 Å². The lowest BCUT2D eigenvalue weighted by Crippen LogP contribution is -2.33. The second-order valence-electron chi connectivity index (χ2n) is 3.49. The maximum Gasteiger partial charge on any atom is 0.251 e. The molecule has 0 aliphatic heterocycles. The monoisotopic (exact) mass is 238 g/mol. The predicted octanol–water partition coefficient (Wildman–Crippen LogP) is -1.58. The number of nitrogens with zero attached hydrogens (tertiary/aromatic N) is 1. The summed E-state index contributed by atoms with van der Waals surface area (Å²) in [5.41, 5.74) is 10.5. The molecule has 0 bridgehead atoms. The number of nitrogen functional groups attached to an aromatic ring is 1. The van der Waals surface area contributed by atoms with Crippen molar-refractivity contribution in [3.8, 4) is 0 Å². The third-order valence-corrected chi connectivity index (χ3v) is 2.01. The molecule has 1 aromatic heterocycles. The lowest BCUT2D eigenvalue weighted by Gasteiger charge is -2.06. The number of amides is 2. The van der Waals surface area contributed by atoms with Crippen molar-refractivity contribution in [2.75, 3.05) is 12.3 Å². The van der Waals surface area contributed by atoms with Crippen LogP contribution in [0.2, 0.25) is 0 Å². The Bertz CT molecular complexity index is 481. The van der Waals surface area contributed by atoms with Gasteiger partial charge in [-0.1, -0.05) is 0 Å². The lowest BCUT2D eigenvalue weighted by molar-refractivity contribution is -0.122. The zero-order chi connectivity index (χ0) is 12.8. The minimum atomic E-state index is -0.494. The highest BCUT2D eigenvalue weighted by Gasteiger charge is 2.04. The number of carbonyl (C=O) groups is 2. The molecular formula is C10H14N4O3. The molecule has 7 nitrogen and oxygen atoms in total. The normalized spacial score (nSPS) is 9.88. The first kappa shape index (κ1) is 12.8. The molecular weight excluding hydrogens is 224 g/mol. The van der Waals surface area contributed by atoms with E-state index in [1.165, 1.54) is 22.9 Å². The SMILES string of the molecule is NC(=O)CCNC(=O)Cn1cc(N)ccc1=O. The van der Waals surface area contributed by atoms with Crippen LogP contribution in [0.5, 0.6) is 0 Å². The summed E-state index contributed by atoms with van der Waals surface area (Å²) >= 11 is 0. The summed E-state index contributed by atoms with van der Waals surface area (Å²) in [5.74, 6) is -0.870. The topological polar surface area (TPSA) is 120 Å². The van der Waals surface area contributed by atoms with Crippen molar-refractivity contribution in [1.29, 1.82) is 0 Å². The summed E-state index contributed by atoms with van der Waals surface area (Å²) in [6, 6.07) is 2.75. The van der Waals surface area contributed by atoms with Crippen LogP contribution in [0, 0.1) is 0 Å². The van der Waals surface area contributed by atoms with Gasteiger partial charge in [-0.05, 0) is 6.07 Å². The summed E-state index contributed by atoms with van der Waals surface area (Å²) in [6.45, 7) is 0.0217. The Morgan fingerprint density at radius 1 is 1.35 bits per heavy atom. The van der Waals surface area contributed by atoms with Crippen molar-refractivity contribution < 1.29 is 9.59 Å². The molecule has 17 heavy (non-hydrogen) atoms. The van der Waals surface area contributed by atoms with E-state index in [9.17, 15) is 14.4 Å². The average molecular weight is 238 g/mol. The number of primary amides is 1. The first-order valence-electron chi connectivity index (χ1n) is 5.00.